The Morgan fingerprint density at radius 1 is 1.04 bits per heavy atom. The zero-order valence-corrected chi connectivity index (χ0v) is 15.3. The number of nitrogens with zero attached hydrogens (tertiary/aromatic N) is 3. The molecule has 0 radical (unpaired) electrons. The monoisotopic (exact) mass is 387 g/mol. The van der Waals surface area contributed by atoms with Crippen LogP contribution in [0.5, 0.6) is 0 Å². The lowest BCUT2D eigenvalue weighted by Gasteiger charge is -2.29. The molecule has 0 N–H and O–H groups in total. The smallest absolute Gasteiger partial charge is 0.257 e. The van der Waals surface area contributed by atoms with Crippen LogP contribution in [0.25, 0.3) is 11.5 Å². The molecule has 0 bridgehead atoms. The summed E-state index contributed by atoms with van der Waals surface area (Å²) in [6.45, 7) is 0.664. The molecule has 1 saturated heterocycles. The first-order valence-corrected chi connectivity index (χ1v) is 10.1. The van der Waals surface area contributed by atoms with Gasteiger partial charge in [0.25, 0.3) is 5.89 Å². The average molecular weight is 387 g/mol. The molecule has 3 aromatic rings. The summed E-state index contributed by atoms with van der Waals surface area (Å²) >= 11 is 0. The van der Waals surface area contributed by atoms with E-state index in [-0.39, 0.29) is 10.8 Å². The van der Waals surface area contributed by atoms with Gasteiger partial charge in [0.1, 0.15) is 5.82 Å². The topological polar surface area (TPSA) is 76.3 Å². The van der Waals surface area contributed by atoms with Gasteiger partial charge in [-0.2, -0.15) is 9.29 Å². The molecule has 27 heavy (non-hydrogen) atoms. The first-order chi connectivity index (χ1) is 13.0. The van der Waals surface area contributed by atoms with E-state index in [0.29, 0.717) is 37.6 Å². The fourth-order valence-electron chi connectivity index (χ4n) is 3.23. The van der Waals surface area contributed by atoms with Gasteiger partial charge in [-0.15, -0.1) is 0 Å². The maximum atomic E-state index is 13.4. The van der Waals surface area contributed by atoms with Crippen LogP contribution >= 0.6 is 0 Å². The van der Waals surface area contributed by atoms with Crippen molar-refractivity contribution in [2.45, 2.75) is 23.7 Å². The standard InChI is InChI=1S/C19H18FN3O3S/c20-16-7-4-8-17(13-16)27(24,25)23-11-9-14(10-12-23)18-21-19(26-22-18)15-5-2-1-3-6-15/h1-8,13-14H,9-12H2. The number of rotatable bonds is 4. The molecule has 2 heterocycles. The average Bonchev–Trinajstić information content (AvgIpc) is 3.19. The van der Waals surface area contributed by atoms with Gasteiger partial charge in [0.05, 0.1) is 4.90 Å². The number of sulfonamides is 1. The molecule has 0 saturated carbocycles. The predicted molar refractivity (Wildman–Crippen MR) is 96.9 cm³/mol. The molecule has 0 aliphatic carbocycles. The molecule has 1 aromatic heterocycles. The van der Waals surface area contributed by atoms with Gasteiger partial charge in [0, 0.05) is 24.6 Å². The van der Waals surface area contributed by atoms with Gasteiger partial charge in [0.15, 0.2) is 5.82 Å². The Bertz CT molecular complexity index is 1030. The number of aromatic nitrogens is 2. The second-order valence-electron chi connectivity index (χ2n) is 6.46. The van der Waals surface area contributed by atoms with Crippen LogP contribution in [0, 0.1) is 5.82 Å². The van der Waals surface area contributed by atoms with E-state index in [9.17, 15) is 12.8 Å². The van der Waals surface area contributed by atoms with Crippen molar-refractivity contribution in [1.82, 2.24) is 14.4 Å². The molecule has 6 nitrogen and oxygen atoms in total. The SMILES string of the molecule is O=S(=O)(c1cccc(F)c1)N1CCC(c2noc(-c3ccccc3)n2)CC1. The number of hydrogen-bond acceptors (Lipinski definition) is 5. The molecule has 2 aromatic carbocycles. The van der Waals surface area contributed by atoms with Crippen LogP contribution < -0.4 is 0 Å². The Hall–Kier alpha value is -2.58. The normalized spacial score (nSPS) is 16.5. The van der Waals surface area contributed by atoms with Crippen molar-refractivity contribution < 1.29 is 17.3 Å². The summed E-state index contributed by atoms with van der Waals surface area (Å²) in [5.41, 5.74) is 0.849. The third-order valence-electron chi connectivity index (χ3n) is 4.72. The van der Waals surface area contributed by atoms with Gasteiger partial charge in [-0.3, -0.25) is 0 Å². The van der Waals surface area contributed by atoms with Crippen LogP contribution in [0.15, 0.2) is 64.0 Å². The highest BCUT2D eigenvalue weighted by molar-refractivity contribution is 7.89. The number of hydrogen-bond donors (Lipinski definition) is 0. The van der Waals surface area contributed by atoms with E-state index in [1.807, 2.05) is 30.3 Å². The minimum absolute atomic E-state index is 0.0214. The van der Waals surface area contributed by atoms with E-state index in [2.05, 4.69) is 10.1 Å². The van der Waals surface area contributed by atoms with Gasteiger partial charge in [0.2, 0.25) is 10.0 Å². The summed E-state index contributed by atoms with van der Waals surface area (Å²) in [5.74, 6) is 0.522. The molecule has 0 unspecified atom stereocenters. The number of benzene rings is 2. The molecule has 0 spiro atoms. The zero-order valence-electron chi connectivity index (χ0n) is 14.5. The number of halogens is 1. The van der Waals surface area contributed by atoms with Crippen molar-refractivity contribution in [1.29, 1.82) is 0 Å². The van der Waals surface area contributed by atoms with Crippen molar-refractivity contribution >= 4 is 10.0 Å². The summed E-state index contributed by atoms with van der Waals surface area (Å²) in [6.07, 6.45) is 1.17. The quantitative estimate of drug-likeness (QED) is 0.685. The third kappa shape index (κ3) is 3.63. The van der Waals surface area contributed by atoms with Crippen LogP contribution in [0.2, 0.25) is 0 Å². The molecule has 0 amide bonds. The lowest BCUT2D eigenvalue weighted by molar-refractivity contribution is 0.307. The lowest BCUT2D eigenvalue weighted by atomic mass is 9.97. The Labute approximate surface area is 156 Å². The molecular formula is C19H18FN3O3S. The van der Waals surface area contributed by atoms with Gasteiger partial charge >= 0.3 is 0 Å². The highest BCUT2D eigenvalue weighted by Gasteiger charge is 2.32. The van der Waals surface area contributed by atoms with E-state index >= 15 is 0 Å². The highest BCUT2D eigenvalue weighted by Crippen LogP contribution is 2.30. The van der Waals surface area contributed by atoms with E-state index in [0.717, 1.165) is 11.6 Å². The largest absolute Gasteiger partial charge is 0.334 e. The van der Waals surface area contributed by atoms with Crippen LogP contribution in [-0.4, -0.2) is 36.0 Å². The zero-order chi connectivity index (χ0) is 18.9. The summed E-state index contributed by atoms with van der Waals surface area (Å²) in [7, 11) is -3.70. The Kier molecular flexibility index (Phi) is 4.75. The maximum Gasteiger partial charge on any atom is 0.257 e. The van der Waals surface area contributed by atoms with Crippen LogP contribution in [0.4, 0.5) is 4.39 Å². The Morgan fingerprint density at radius 2 is 1.78 bits per heavy atom. The minimum Gasteiger partial charge on any atom is -0.334 e. The van der Waals surface area contributed by atoms with Crippen molar-refractivity contribution in [3.63, 3.8) is 0 Å². The molecular weight excluding hydrogens is 369 g/mol. The summed E-state index contributed by atoms with van der Waals surface area (Å²) in [6, 6.07) is 14.6. The highest BCUT2D eigenvalue weighted by atomic mass is 32.2. The predicted octanol–water partition coefficient (Wildman–Crippen LogP) is 3.44. The van der Waals surface area contributed by atoms with Crippen molar-refractivity contribution in [2.75, 3.05) is 13.1 Å². The molecule has 140 valence electrons. The third-order valence-corrected chi connectivity index (χ3v) is 6.61. The van der Waals surface area contributed by atoms with Crippen LogP contribution in [-0.2, 0) is 10.0 Å². The molecule has 1 fully saturated rings. The van der Waals surface area contributed by atoms with Crippen LogP contribution in [0.1, 0.15) is 24.6 Å². The second kappa shape index (κ2) is 7.21. The molecule has 4 rings (SSSR count). The van der Waals surface area contributed by atoms with Crippen molar-refractivity contribution in [3.05, 3.63) is 66.2 Å². The van der Waals surface area contributed by atoms with Crippen molar-refractivity contribution in [2.24, 2.45) is 0 Å². The van der Waals surface area contributed by atoms with E-state index in [1.165, 1.54) is 22.5 Å². The van der Waals surface area contributed by atoms with Gasteiger partial charge < -0.3 is 4.52 Å². The van der Waals surface area contributed by atoms with E-state index in [4.69, 9.17) is 4.52 Å². The fourth-order valence-corrected chi connectivity index (χ4v) is 4.73. The molecule has 1 aliphatic heterocycles. The second-order valence-corrected chi connectivity index (χ2v) is 8.40. The van der Waals surface area contributed by atoms with Crippen LogP contribution in [0.3, 0.4) is 0 Å². The van der Waals surface area contributed by atoms with Gasteiger partial charge in [-0.1, -0.05) is 29.4 Å². The first kappa shape index (κ1) is 17.8. The maximum absolute atomic E-state index is 13.4. The molecule has 0 atom stereocenters. The van der Waals surface area contributed by atoms with Gasteiger partial charge in [-0.25, -0.2) is 12.8 Å². The first-order valence-electron chi connectivity index (χ1n) is 8.69. The minimum atomic E-state index is -3.70. The molecule has 1 aliphatic rings. The van der Waals surface area contributed by atoms with E-state index < -0.39 is 15.8 Å². The number of piperidine rings is 1. The van der Waals surface area contributed by atoms with E-state index in [1.54, 1.807) is 0 Å². The Morgan fingerprint density at radius 3 is 2.48 bits per heavy atom. The summed E-state index contributed by atoms with van der Waals surface area (Å²) < 4.78 is 45.5. The summed E-state index contributed by atoms with van der Waals surface area (Å²) in [5, 5.41) is 4.07. The summed E-state index contributed by atoms with van der Waals surface area (Å²) in [4.78, 5) is 4.44. The fraction of sp³-hybridized carbons (Fsp3) is 0.263. The lowest BCUT2D eigenvalue weighted by Crippen LogP contribution is -2.38. The molecule has 8 heteroatoms. The Balaban J connectivity index is 1.46. The van der Waals surface area contributed by atoms with Gasteiger partial charge in [-0.05, 0) is 43.2 Å². The van der Waals surface area contributed by atoms with Crippen molar-refractivity contribution in [3.8, 4) is 11.5 Å².